The molecule has 1 aliphatic heterocycles. The fourth-order valence-corrected chi connectivity index (χ4v) is 3.23. The number of fused-ring (bicyclic) bond motifs is 1. The lowest BCUT2D eigenvalue weighted by Crippen LogP contribution is -1.99. The minimum Gasteiger partial charge on any atom is -0.454 e. The minimum absolute atomic E-state index is 0.150. The van der Waals surface area contributed by atoms with Gasteiger partial charge in [-0.25, -0.2) is 4.98 Å². The van der Waals surface area contributed by atoms with Gasteiger partial charge in [0, 0.05) is 5.38 Å². The van der Waals surface area contributed by atoms with E-state index in [2.05, 4.69) is 20.9 Å². The number of aromatic nitrogens is 1. The highest BCUT2D eigenvalue weighted by Crippen LogP contribution is 2.42. The maximum absolute atomic E-state index is 10.2. The van der Waals surface area contributed by atoms with Crippen molar-refractivity contribution < 1.29 is 14.6 Å². The van der Waals surface area contributed by atoms with Crippen LogP contribution in [0.15, 0.2) is 22.1 Å². The monoisotopic (exact) mass is 347 g/mol. The number of rotatable bonds is 2. The van der Waals surface area contributed by atoms with Crippen LogP contribution in [0.3, 0.4) is 0 Å². The van der Waals surface area contributed by atoms with Crippen LogP contribution in [0.25, 0.3) is 0 Å². The molecule has 0 amide bonds. The fourth-order valence-electron chi connectivity index (χ4n) is 1.68. The Labute approximate surface area is 120 Å². The molecule has 2 heterocycles. The van der Waals surface area contributed by atoms with Crippen LogP contribution in [0.5, 0.6) is 11.5 Å². The Morgan fingerprint density at radius 2 is 2.28 bits per heavy atom. The molecule has 4 nitrogen and oxygen atoms in total. The second-order valence-corrected chi connectivity index (χ2v) is 5.76. The van der Waals surface area contributed by atoms with Crippen molar-refractivity contribution in [1.29, 1.82) is 0 Å². The zero-order valence-corrected chi connectivity index (χ0v) is 12.1. The van der Waals surface area contributed by atoms with Gasteiger partial charge in [0.25, 0.3) is 0 Å². The van der Waals surface area contributed by atoms with E-state index < -0.39 is 6.10 Å². The van der Waals surface area contributed by atoms with Gasteiger partial charge in [0.2, 0.25) is 6.79 Å². The van der Waals surface area contributed by atoms with E-state index >= 15 is 0 Å². The van der Waals surface area contributed by atoms with Gasteiger partial charge < -0.3 is 14.6 Å². The van der Waals surface area contributed by atoms with Crippen molar-refractivity contribution in [1.82, 2.24) is 4.98 Å². The van der Waals surface area contributed by atoms with Gasteiger partial charge >= 0.3 is 0 Å². The average molecular weight is 349 g/mol. The van der Waals surface area contributed by atoms with Gasteiger partial charge in [0.1, 0.15) is 15.7 Å². The Bertz CT molecular complexity index is 604. The Morgan fingerprint density at radius 1 is 1.44 bits per heavy atom. The van der Waals surface area contributed by atoms with Crippen LogP contribution in [0.2, 0.25) is 5.02 Å². The maximum atomic E-state index is 10.2. The Morgan fingerprint density at radius 3 is 3.00 bits per heavy atom. The molecule has 0 saturated carbocycles. The van der Waals surface area contributed by atoms with Crippen LogP contribution in [0.1, 0.15) is 16.7 Å². The summed E-state index contributed by atoms with van der Waals surface area (Å²) in [7, 11) is 0. The molecule has 2 aromatic rings. The van der Waals surface area contributed by atoms with Crippen LogP contribution in [0, 0.1) is 0 Å². The number of aliphatic hydroxyl groups is 1. The van der Waals surface area contributed by atoms with Gasteiger partial charge in [0.05, 0.1) is 5.02 Å². The first-order valence-electron chi connectivity index (χ1n) is 5.03. The third-order valence-electron chi connectivity index (χ3n) is 2.49. The summed E-state index contributed by atoms with van der Waals surface area (Å²) >= 11 is 10.7. The van der Waals surface area contributed by atoms with Gasteiger partial charge in [-0.15, -0.1) is 11.3 Å². The van der Waals surface area contributed by atoms with Crippen LogP contribution < -0.4 is 9.47 Å². The number of thiazole rings is 1. The van der Waals surface area contributed by atoms with Gasteiger partial charge in [-0.1, -0.05) is 11.6 Å². The number of hydrogen-bond donors (Lipinski definition) is 1. The molecule has 7 heteroatoms. The summed E-state index contributed by atoms with van der Waals surface area (Å²) in [6.45, 7) is 0.150. The molecule has 3 rings (SSSR count). The van der Waals surface area contributed by atoms with Gasteiger partial charge in [-0.2, -0.15) is 0 Å². The van der Waals surface area contributed by atoms with Crippen molar-refractivity contribution in [3.05, 3.63) is 37.7 Å². The summed E-state index contributed by atoms with van der Waals surface area (Å²) in [5.41, 5.74) is 0.631. The first-order chi connectivity index (χ1) is 8.65. The molecule has 0 spiro atoms. The Balaban J connectivity index is 2.00. The zero-order chi connectivity index (χ0) is 12.7. The molecule has 1 aromatic carbocycles. The van der Waals surface area contributed by atoms with Crippen molar-refractivity contribution in [2.45, 2.75) is 6.10 Å². The maximum Gasteiger partial charge on any atom is 0.231 e. The molecule has 1 unspecified atom stereocenters. The van der Waals surface area contributed by atoms with E-state index in [1.54, 1.807) is 12.1 Å². The number of halogens is 2. The lowest BCUT2D eigenvalue weighted by molar-refractivity contribution is 0.173. The normalized spacial score (nSPS) is 14.8. The molecular formula is C11H7BrClNO3S. The van der Waals surface area contributed by atoms with E-state index in [1.807, 2.05) is 5.38 Å². The molecule has 94 valence electrons. The fraction of sp³-hybridized carbons (Fsp3) is 0.182. The Kier molecular flexibility index (Phi) is 3.19. The molecule has 0 radical (unpaired) electrons. The quantitative estimate of drug-likeness (QED) is 0.904. The lowest BCUT2D eigenvalue weighted by atomic mass is 10.1. The summed E-state index contributed by atoms with van der Waals surface area (Å²) in [5, 5.41) is 13.1. The van der Waals surface area contributed by atoms with Crippen LogP contribution in [-0.4, -0.2) is 16.9 Å². The molecule has 1 atom stereocenters. The minimum atomic E-state index is -0.826. The van der Waals surface area contributed by atoms with Gasteiger partial charge in [-0.05, 0) is 33.6 Å². The summed E-state index contributed by atoms with van der Waals surface area (Å²) in [4.78, 5) is 4.18. The second kappa shape index (κ2) is 4.70. The molecule has 1 aromatic heterocycles. The van der Waals surface area contributed by atoms with E-state index in [9.17, 15) is 5.11 Å². The highest BCUT2D eigenvalue weighted by Gasteiger charge is 2.22. The lowest BCUT2D eigenvalue weighted by Gasteiger charge is -2.09. The van der Waals surface area contributed by atoms with Crippen LogP contribution in [-0.2, 0) is 0 Å². The summed E-state index contributed by atoms with van der Waals surface area (Å²) in [5.74, 6) is 1.07. The highest BCUT2D eigenvalue weighted by atomic mass is 79.9. The predicted octanol–water partition coefficient (Wildman–Crippen LogP) is 3.37. The first kappa shape index (κ1) is 12.2. The SMILES string of the molecule is OC(c1cc(Cl)c2c(c1)OCO2)c1nc(Br)cs1. The highest BCUT2D eigenvalue weighted by molar-refractivity contribution is 9.10. The molecule has 18 heavy (non-hydrogen) atoms. The number of ether oxygens (including phenoxy) is 2. The van der Waals surface area contributed by atoms with Crippen molar-refractivity contribution >= 4 is 38.9 Å². The molecule has 0 saturated heterocycles. The van der Waals surface area contributed by atoms with Crippen molar-refractivity contribution in [3.63, 3.8) is 0 Å². The third-order valence-corrected chi connectivity index (χ3v) is 4.38. The molecule has 1 aliphatic rings. The van der Waals surface area contributed by atoms with E-state index in [0.29, 0.717) is 31.7 Å². The third kappa shape index (κ3) is 2.09. The number of benzene rings is 1. The summed E-state index contributed by atoms with van der Waals surface area (Å²) < 4.78 is 11.2. The second-order valence-electron chi connectivity index (χ2n) is 3.65. The van der Waals surface area contributed by atoms with Crippen molar-refractivity contribution in [3.8, 4) is 11.5 Å². The number of aliphatic hydroxyl groups excluding tert-OH is 1. The van der Waals surface area contributed by atoms with Gasteiger partial charge in [0.15, 0.2) is 11.5 Å². The summed E-state index contributed by atoms with van der Waals surface area (Å²) in [6.07, 6.45) is -0.826. The standard InChI is InChI=1S/C11H7BrClNO3S/c12-8-3-18-11(14-8)9(15)5-1-6(13)10-7(2-5)16-4-17-10/h1-3,9,15H,4H2. The van der Waals surface area contributed by atoms with Crippen molar-refractivity contribution in [2.24, 2.45) is 0 Å². The van der Waals surface area contributed by atoms with Crippen LogP contribution >= 0.6 is 38.9 Å². The number of hydrogen-bond acceptors (Lipinski definition) is 5. The average Bonchev–Trinajstić information content (AvgIpc) is 2.96. The molecule has 0 bridgehead atoms. The smallest absolute Gasteiger partial charge is 0.231 e. The largest absolute Gasteiger partial charge is 0.454 e. The first-order valence-corrected chi connectivity index (χ1v) is 7.08. The van der Waals surface area contributed by atoms with E-state index in [4.69, 9.17) is 21.1 Å². The number of nitrogens with zero attached hydrogens (tertiary/aromatic N) is 1. The van der Waals surface area contributed by atoms with E-state index in [1.165, 1.54) is 11.3 Å². The predicted molar refractivity (Wildman–Crippen MR) is 71.5 cm³/mol. The zero-order valence-electron chi connectivity index (χ0n) is 8.89. The molecular weight excluding hydrogens is 342 g/mol. The summed E-state index contributed by atoms with van der Waals surface area (Å²) in [6, 6.07) is 3.38. The van der Waals surface area contributed by atoms with Crippen molar-refractivity contribution in [2.75, 3.05) is 6.79 Å². The molecule has 0 aliphatic carbocycles. The Hall–Kier alpha value is -0.820. The molecule has 0 fully saturated rings. The van der Waals surface area contributed by atoms with Gasteiger partial charge in [-0.3, -0.25) is 0 Å². The van der Waals surface area contributed by atoms with Crippen LogP contribution in [0.4, 0.5) is 0 Å². The van der Waals surface area contributed by atoms with E-state index in [-0.39, 0.29) is 6.79 Å². The molecule has 1 N–H and O–H groups in total. The van der Waals surface area contributed by atoms with E-state index in [0.717, 1.165) is 0 Å². The topological polar surface area (TPSA) is 51.6 Å².